The van der Waals surface area contributed by atoms with E-state index in [2.05, 4.69) is 20.1 Å². The largest absolute Gasteiger partial charge is 0.546 e. The van der Waals surface area contributed by atoms with E-state index < -0.39 is 12.6 Å². The summed E-state index contributed by atoms with van der Waals surface area (Å²) in [6.07, 6.45) is 0. The second-order valence-corrected chi connectivity index (χ2v) is 6.43. The number of nitrogens with zero attached hydrogens (tertiary/aromatic N) is 3. The zero-order valence-electron chi connectivity index (χ0n) is 16.4. The number of carboxylic acids is 1. The van der Waals surface area contributed by atoms with Crippen LogP contribution in [0.2, 0.25) is 0 Å². The van der Waals surface area contributed by atoms with Crippen LogP contribution in [0.3, 0.4) is 0 Å². The minimum absolute atomic E-state index is 0.348. The fourth-order valence-electron chi connectivity index (χ4n) is 3.01. The molecule has 1 N–H and O–H groups in total. The molecular weight excluding hydrogens is 372 g/mol. The van der Waals surface area contributed by atoms with Crippen molar-refractivity contribution in [2.45, 2.75) is 27.3 Å². The normalized spacial score (nSPS) is 11.5. The second-order valence-electron chi connectivity index (χ2n) is 6.43. The Morgan fingerprint density at radius 2 is 2.00 bits per heavy atom. The van der Waals surface area contributed by atoms with Crippen LogP contribution in [0.25, 0.3) is 11.0 Å². The van der Waals surface area contributed by atoms with Crippen LogP contribution in [0.1, 0.15) is 35.6 Å². The molecule has 2 aromatic carbocycles. The molecule has 0 aliphatic carbocycles. The van der Waals surface area contributed by atoms with Gasteiger partial charge < -0.3 is 19.2 Å². The van der Waals surface area contributed by atoms with Gasteiger partial charge in [-0.3, -0.25) is 4.79 Å². The van der Waals surface area contributed by atoms with Gasteiger partial charge in [0.15, 0.2) is 0 Å². The van der Waals surface area contributed by atoms with Gasteiger partial charge in [-0.25, -0.2) is 10.4 Å². The molecule has 3 rings (SSSR count). The number of aromatic nitrogens is 2. The van der Waals surface area contributed by atoms with Crippen LogP contribution in [0.15, 0.2) is 47.6 Å². The van der Waals surface area contributed by atoms with Gasteiger partial charge in [-0.15, -0.1) is 0 Å². The molecule has 3 aromatic rings. The number of nitrogens with one attached hydrogen (secondary N) is 1. The fraction of sp³-hybridized carbons (Fsp3) is 0.238. The number of rotatable bonds is 7. The van der Waals surface area contributed by atoms with Crippen molar-refractivity contribution in [2.24, 2.45) is 5.10 Å². The zero-order valence-corrected chi connectivity index (χ0v) is 16.4. The van der Waals surface area contributed by atoms with Crippen LogP contribution < -0.4 is 15.3 Å². The van der Waals surface area contributed by atoms with E-state index in [0.717, 1.165) is 23.4 Å². The summed E-state index contributed by atoms with van der Waals surface area (Å²) < 4.78 is 7.18. The number of aryl methyl sites for hydroxylation is 2. The lowest BCUT2D eigenvalue weighted by atomic mass is 10.1. The smallest absolute Gasteiger partial charge is 0.271 e. The number of ether oxygens (including phenoxy) is 1. The molecule has 29 heavy (non-hydrogen) atoms. The molecule has 0 bridgehead atoms. The average Bonchev–Trinajstić information content (AvgIpc) is 3.04. The molecule has 1 heterocycles. The number of aliphatic carboxylic acids is 1. The van der Waals surface area contributed by atoms with Crippen LogP contribution in [-0.4, -0.2) is 33.7 Å². The van der Waals surface area contributed by atoms with Crippen molar-refractivity contribution in [3.8, 4) is 5.75 Å². The number of carbonyl (C=O) groups is 2. The monoisotopic (exact) mass is 393 g/mol. The van der Waals surface area contributed by atoms with Crippen molar-refractivity contribution in [2.75, 3.05) is 6.61 Å². The highest BCUT2D eigenvalue weighted by Gasteiger charge is 2.11. The van der Waals surface area contributed by atoms with E-state index in [1.807, 2.05) is 19.9 Å². The van der Waals surface area contributed by atoms with Crippen LogP contribution in [0, 0.1) is 6.92 Å². The lowest BCUT2D eigenvalue weighted by Gasteiger charge is -2.08. The van der Waals surface area contributed by atoms with Gasteiger partial charge in [-0.1, -0.05) is 12.1 Å². The minimum Gasteiger partial charge on any atom is -0.546 e. The predicted molar refractivity (Wildman–Crippen MR) is 107 cm³/mol. The van der Waals surface area contributed by atoms with Gasteiger partial charge in [-0.2, -0.15) is 5.10 Å². The standard InChI is InChI=1S/C21H22N4O4/c1-4-25-14(3)22-18-11-16(8-9-19(18)25)21(28)24-23-13(2)15-6-5-7-17(10-15)29-12-20(26)27/h5-11H,4,12H2,1-3H3,(H,24,28)(H,26,27)/p-1/b23-13-. The first-order chi connectivity index (χ1) is 13.9. The Morgan fingerprint density at radius 3 is 2.72 bits per heavy atom. The van der Waals surface area contributed by atoms with E-state index in [9.17, 15) is 14.7 Å². The summed E-state index contributed by atoms with van der Waals surface area (Å²) in [7, 11) is 0. The SMILES string of the molecule is CCn1c(C)nc2cc(C(=O)N/N=C(/C)c3cccc(OCC(=O)[O-])c3)ccc21. The van der Waals surface area contributed by atoms with Gasteiger partial charge >= 0.3 is 0 Å². The molecule has 0 aliphatic rings. The topological polar surface area (TPSA) is 109 Å². The Hall–Kier alpha value is -3.68. The zero-order chi connectivity index (χ0) is 21.0. The molecule has 1 aromatic heterocycles. The summed E-state index contributed by atoms with van der Waals surface area (Å²) in [6, 6.07) is 12.1. The first-order valence-corrected chi connectivity index (χ1v) is 9.13. The lowest BCUT2D eigenvalue weighted by molar-refractivity contribution is -0.307. The lowest BCUT2D eigenvalue weighted by Crippen LogP contribution is -2.28. The summed E-state index contributed by atoms with van der Waals surface area (Å²) in [5.41, 5.74) is 5.97. The highest BCUT2D eigenvalue weighted by atomic mass is 16.5. The number of benzene rings is 2. The molecular formula is C21H21N4O4-. The van der Waals surface area contributed by atoms with Crippen molar-refractivity contribution < 1.29 is 19.4 Å². The molecule has 0 spiro atoms. The molecule has 1 amide bonds. The summed E-state index contributed by atoms with van der Waals surface area (Å²) in [5, 5.41) is 14.6. The van der Waals surface area contributed by atoms with Crippen LogP contribution in [0.5, 0.6) is 5.75 Å². The highest BCUT2D eigenvalue weighted by Crippen LogP contribution is 2.18. The third-order valence-electron chi connectivity index (χ3n) is 4.45. The molecule has 0 saturated heterocycles. The molecule has 0 atom stereocenters. The van der Waals surface area contributed by atoms with Crippen LogP contribution in [0.4, 0.5) is 0 Å². The van der Waals surface area contributed by atoms with Gasteiger partial charge in [0.2, 0.25) is 0 Å². The molecule has 0 fully saturated rings. The van der Waals surface area contributed by atoms with Crippen molar-refractivity contribution in [1.29, 1.82) is 0 Å². The Balaban J connectivity index is 1.73. The van der Waals surface area contributed by atoms with Crippen LogP contribution in [-0.2, 0) is 11.3 Å². The number of amides is 1. The Bertz CT molecular complexity index is 1100. The number of carbonyl (C=O) groups excluding carboxylic acids is 2. The van der Waals surface area contributed by atoms with E-state index in [1.54, 1.807) is 43.3 Å². The summed E-state index contributed by atoms with van der Waals surface area (Å²) in [4.78, 5) is 27.5. The fourth-order valence-corrected chi connectivity index (χ4v) is 3.01. The first kappa shape index (κ1) is 20.1. The van der Waals surface area contributed by atoms with Gasteiger partial charge in [0.1, 0.15) is 18.2 Å². The molecule has 0 radical (unpaired) electrons. The number of fused-ring (bicyclic) bond motifs is 1. The Morgan fingerprint density at radius 1 is 1.21 bits per heavy atom. The Labute approximate surface area is 167 Å². The number of hydrogen-bond donors (Lipinski definition) is 1. The molecule has 8 nitrogen and oxygen atoms in total. The maximum atomic E-state index is 12.5. The molecule has 150 valence electrons. The van der Waals surface area contributed by atoms with E-state index >= 15 is 0 Å². The number of carboxylic acid groups (broad SMARTS) is 1. The van der Waals surface area contributed by atoms with E-state index in [-0.39, 0.29) is 5.91 Å². The summed E-state index contributed by atoms with van der Waals surface area (Å²) >= 11 is 0. The number of hydrazone groups is 1. The quantitative estimate of drug-likeness (QED) is 0.485. The second kappa shape index (κ2) is 8.55. The van der Waals surface area contributed by atoms with Crippen molar-refractivity contribution in [3.63, 3.8) is 0 Å². The third-order valence-corrected chi connectivity index (χ3v) is 4.45. The number of imidazole rings is 1. The van der Waals surface area contributed by atoms with Crippen molar-refractivity contribution in [1.82, 2.24) is 15.0 Å². The van der Waals surface area contributed by atoms with Gasteiger partial charge in [0.05, 0.1) is 22.7 Å². The maximum Gasteiger partial charge on any atom is 0.271 e. The van der Waals surface area contributed by atoms with E-state index in [0.29, 0.717) is 22.6 Å². The van der Waals surface area contributed by atoms with E-state index in [1.165, 1.54) is 0 Å². The molecule has 0 saturated carbocycles. The van der Waals surface area contributed by atoms with Crippen molar-refractivity contribution in [3.05, 3.63) is 59.4 Å². The minimum atomic E-state index is -1.30. The summed E-state index contributed by atoms with van der Waals surface area (Å²) in [6.45, 7) is 5.98. The molecule has 0 unspecified atom stereocenters. The third kappa shape index (κ3) is 4.60. The van der Waals surface area contributed by atoms with E-state index in [4.69, 9.17) is 4.74 Å². The summed E-state index contributed by atoms with van der Waals surface area (Å²) in [5.74, 6) is -0.377. The van der Waals surface area contributed by atoms with Gasteiger partial charge in [0.25, 0.3) is 5.91 Å². The Kier molecular flexibility index (Phi) is 5.92. The van der Waals surface area contributed by atoms with Gasteiger partial charge in [0, 0.05) is 17.7 Å². The molecule has 0 aliphatic heterocycles. The molecule has 8 heteroatoms. The predicted octanol–water partition coefficient (Wildman–Crippen LogP) is 1.65. The first-order valence-electron chi connectivity index (χ1n) is 9.13. The van der Waals surface area contributed by atoms with Crippen LogP contribution >= 0.6 is 0 Å². The number of hydrogen-bond acceptors (Lipinski definition) is 6. The van der Waals surface area contributed by atoms with Gasteiger partial charge in [-0.05, 0) is 51.1 Å². The average molecular weight is 393 g/mol. The highest BCUT2D eigenvalue weighted by molar-refractivity contribution is 6.01. The maximum absolute atomic E-state index is 12.5. The van der Waals surface area contributed by atoms with Crippen molar-refractivity contribution >= 4 is 28.6 Å².